The average molecular weight is 420 g/mol. The van der Waals surface area contributed by atoms with Crippen LogP contribution in [0.3, 0.4) is 0 Å². The Morgan fingerprint density at radius 1 is 1.20 bits per heavy atom. The van der Waals surface area contributed by atoms with E-state index >= 15 is 0 Å². The molecule has 0 unspecified atom stereocenters. The summed E-state index contributed by atoms with van der Waals surface area (Å²) in [5.41, 5.74) is 2.84. The van der Waals surface area contributed by atoms with Crippen molar-refractivity contribution in [3.05, 3.63) is 95.0 Å². The Labute approximate surface area is 174 Å². The van der Waals surface area contributed by atoms with Crippen molar-refractivity contribution in [2.45, 2.75) is 24.8 Å². The maximum atomic E-state index is 12.9. The maximum Gasteiger partial charge on any atom is 0.254 e. The summed E-state index contributed by atoms with van der Waals surface area (Å²) in [5, 5.41) is 2.81. The van der Waals surface area contributed by atoms with Gasteiger partial charge in [-0.1, -0.05) is 24.8 Å². The predicted molar refractivity (Wildman–Crippen MR) is 113 cm³/mol. The van der Waals surface area contributed by atoms with Crippen molar-refractivity contribution in [2.75, 3.05) is 0 Å². The van der Waals surface area contributed by atoms with E-state index in [0.29, 0.717) is 22.7 Å². The number of nitrogens with one attached hydrogen (secondary N) is 1. The molecule has 0 fully saturated rings. The van der Waals surface area contributed by atoms with Gasteiger partial charge in [-0.05, 0) is 41.8 Å². The van der Waals surface area contributed by atoms with Crippen molar-refractivity contribution in [1.29, 1.82) is 0 Å². The molecule has 8 heteroatoms. The highest BCUT2D eigenvalue weighted by Gasteiger charge is 2.23. The highest BCUT2D eigenvalue weighted by Crippen LogP contribution is 2.29. The standard InChI is InChI=1S/C22H20N4O3S/c1-15-9-16(2)11-20(10-15)30(28,29)19-5-3-17(4-6-19)12-24-21(27)18-13-25-22-23-7-8-26(22)14-18/h3-9,11,13-14H,1,10,12H2,2H3,(H,24,27). The summed E-state index contributed by atoms with van der Waals surface area (Å²) in [4.78, 5) is 21.1. The number of amides is 1. The number of imidazole rings is 1. The molecule has 2 aromatic heterocycles. The fourth-order valence-corrected chi connectivity index (χ4v) is 4.79. The lowest BCUT2D eigenvalue weighted by Crippen LogP contribution is -2.23. The van der Waals surface area contributed by atoms with Gasteiger partial charge in [0.05, 0.1) is 15.4 Å². The van der Waals surface area contributed by atoms with Gasteiger partial charge < -0.3 is 5.32 Å². The van der Waals surface area contributed by atoms with Crippen LogP contribution >= 0.6 is 0 Å². The van der Waals surface area contributed by atoms with Gasteiger partial charge in [-0.15, -0.1) is 0 Å². The first kappa shape index (κ1) is 19.8. The SMILES string of the molecule is C=C1C=C(C)C=C(S(=O)(=O)c2ccc(CNC(=O)c3cnc4nccn4c3)cc2)C1. The number of nitrogens with zero attached hydrogens (tertiary/aromatic N) is 3. The molecule has 1 N–H and O–H groups in total. The van der Waals surface area contributed by atoms with Gasteiger partial charge in [0.15, 0.2) is 0 Å². The normalized spacial score (nSPS) is 14.4. The van der Waals surface area contributed by atoms with E-state index in [4.69, 9.17) is 0 Å². The second-order valence-corrected chi connectivity index (χ2v) is 9.14. The Bertz CT molecular complexity index is 1320. The van der Waals surface area contributed by atoms with Gasteiger partial charge in [0.1, 0.15) is 0 Å². The summed E-state index contributed by atoms with van der Waals surface area (Å²) in [7, 11) is -3.58. The molecule has 7 nitrogen and oxygen atoms in total. The van der Waals surface area contributed by atoms with Crippen LogP contribution < -0.4 is 5.32 Å². The minimum absolute atomic E-state index is 0.223. The van der Waals surface area contributed by atoms with Crippen LogP contribution in [-0.2, 0) is 16.4 Å². The molecule has 1 aromatic carbocycles. The third-order valence-corrected chi connectivity index (χ3v) is 6.61. The van der Waals surface area contributed by atoms with Crippen LogP contribution in [0.2, 0.25) is 0 Å². The fraction of sp³-hybridized carbons (Fsp3) is 0.136. The van der Waals surface area contributed by atoms with Crippen molar-refractivity contribution in [2.24, 2.45) is 0 Å². The Hall–Kier alpha value is -3.52. The molecule has 1 amide bonds. The zero-order chi connectivity index (χ0) is 21.3. The molecule has 0 bridgehead atoms. The third kappa shape index (κ3) is 3.95. The molecule has 152 valence electrons. The van der Waals surface area contributed by atoms with E-state index in [2.05, 4.69) is 21.9 Å². The summed E-state index contributed by atoms with van der Waals surface area (Å²) in [6.07, 6.45) is 10.3. The molecule has 1 aliphatic rings. The molecule has 0 spiro atoms. The first-order valence-electron chi connectivity index (χ1n) is 9.30. The predicted octanol–water partition coefficient (Wildman–Crippen LogP) is 3.22. The van der Waals surface area contributed by atoms with E-state index in [1.807, 2.05) is 13.0 Å². The quantitative estimate of drug-likeness (QED) is 0.684. The van der Waals surface area contributed by atoms with Gasteiger partial charge in [0.25, 0.3) is 5.91 Å². The number of aromatic nitrogens is 3. The molecule has 0 saturated carbocycles. The van der Waals surface area contributed by atoms with Crippen LogP contribution in [0, 0.1) is 0 Å². The Balaban J connectivity index is 1.45. The smallest absolute Gasteiger partial charge is 0.254 e. The van der Waals surface area contributed by atoms with E-state index in [0.717, 1.165) is 16.7 Å². The average Bonchev–Trinajstić information content (AvgIpc) is 3.19. The summed E-state index contributed by atoms with van der Waals surface area (Å²) < 4.78 is 27.5. The summed E-state index contributed by atoms with van der Waals surface area (Å²) in [5.74, 6) is 0.244. The van der Waals surface area contributed by atoms with E-state index in [-0.39, 0.29) is 17.3 Å². The number of allylic oxidation sites excluding steroid dienone is 5. The van der Waals surface area contributed by atoms with Gasteiger partial charge in [-0.25, -0.2) is 18.4 Å². The second kappa shape index (κ2) is 7.72. The number of carbonyl (C=O) groups excluding carboxylic acids is 1. The lowest BCUT2D eigenvalue weighted by atomic mass is 10.0. The molecule has 1 aliphatic carbocycles. The monoisotopic (exact) mass is 420 g/mol. The van der Waals surface area contributed by atoms with Crippen LogP contribution in [0.5, 0.6) is 0 Å². The van der Waals surface area contributed by atoms with Crippen LogP contribution in [0.1, 0.15) is 29.3 Å². The van der Waals surface area contributed by atoms with Crippen LogP contribution in [0.4, 0.5) is 0 Å². The lowest BCUT2D eigenvalue weighted by molar-refractivity contribution is 0.0950. The number of carbonyl (C=O) groups is 1. The zero-order valence-corrected chi connectivity index (χ0v) is 17.2. The molecule has 30 heavy (non-hydrogen) atoms. The zero-order valence-electron chi connectivity index (χ0n) is 16.4. The molecule has 0 saturated heterocycles. The number of hydrogen-bond acceptors (Lipinski definition) is 5. The van der Waals surface area contributed by atoms with Crippen LogP contribution in [0.25, 0.3) is 5.78 Å². The van der Waals surface area contributed by atoms with Gasteiger partial charge in [-0.3, -0.25) is 9.20 Å². The number of benzene rings is 1. The summed E-state index contributed by atoms with van der Waals surface area (Å²) in [6.45, 7) is 6.00. The Kier molecular flexibility index (Phi) is 5.09. The third-order valence-electron chi connectivity index (χ3n) is 4.76. The van der Waals surface area contributed by atoms with E-state index < -0.39 is 9.84 Å². The van der Waals surface area contributed by atoms with E-state index in [9.17, 15) is 13.2 Å². The molecule has 0 radical (unpaired) electrons. The molecule has 4 rings (SSSR count). The van der Waals surface area contributed by atoms with Crippen molar-refractivity contribution in [3.8, 4) is 0 Å². The molecular formula is C22H20N4O3S. The molecule has 2 heterocycles. The van der Waals surface area contributed by atoms with Gasteiger partial charge in [-0.2, -0.15) is 0 Å². The first-order chi connectivity index (χ1) is 14.3. The minimum Gasteiger partial charge on any atom is -0.348 e. The second-order valence-electron chi connectivity index (χ2n) is 7.14. The lowest BCUT2D eigenvalue weighted by Gasteiger charge is -2.15. The molecule has 0 atom stereocenters. The Morgan fingerprint density at radius 3 is 2.70 bits per heavy atom. The number of fused-ring (bicyclic) bond motifs is 1. The van der Waals surface area contributed by atoms with Crippen LogP contribution in [-0.4, -0.2) is 28.7 Å². The molecule has 3 aromatic rings. The summed E-state index contributed by atoms with van der Waals surface area (Å²) >= 11 is 0. The highest BCUT2D eigenvalue weighted by atomic mass is 32.2. The largest absolute Gasteiger partial charge is 0.348 e. The topological polar surface area (TPSA) is 93.4 Å². The minimum atomic E-state index is -3.58. The van der Waals surface area contributed by atoms with Crippen molar-refractivity contribution < 1.29 is 13.2 Å². The van der Waals surface area contributed by atoms with Crippen molar-refractivity contribution in [3.63, 3.8) is 0 Å². The van der Waals surface area contributed by atoms with E-state index in [1.54, 1.807) is 53.3 Å². The molecule has 0 aliphatic heterocycles. The fourth-order valence-electron chi connectivity index (χ4n) is 3.27. The summed E-state index contributed by atoms with van der Waals surface area (Å²) in [6, 6.07) is 6.52. The van der Waals surface area contributed by atoms with Gasteiger partial charge in [0, 0.05) is 37.8 Å². The van der Waals surface area contributed by atoms with Crippen molar-refractivity contribution >= 4 is 21.5 Å². The van der Waals surface area contributed by atoms with Gasteiger partial charge in [0.2, 0.25) is 15.6 Å². The van der Waals surface area contributed by atoms with Crippen molar-refractivity contribution in [1.82, 2.24) is 19.7 Å². The maximum absolute atomic E-state index is 12.9. The van der Waals surface area contributed by atoms with E-state index in [1.165, 1.54) is 6.20 Å². The first-order valence-corrected chi connectivity index (χ1v) is 10.8. The van der Waals surface area contributed by atoms with Gasteiger partial charge >= 0.3 is 0 Å². The number of sulfone groups is 1. The number of rotatable bonds is 5. The van der Waals surface area contributed by atoms with Crippen LogP contribution in [0.15, 0.2) is 88.7 Å². The number of hydrogen-bond donors (Lipinski definition) is 1. The molecular weight excluding hydrogens is 400 g/mol. The Morgan fingerprint density at radius 2 is 1.97 bits per heavy atom. The highest BCUT2D eigenvalue weighted by molar-refractivity contribution is 7.95.